The summed E-state index contributed by atoms with van der Waals surface area (Å²) in [6, 6.07) is 9.66. The molecule has 106 valence electrons. The zero-order valence-corrected chi connectivity index (χ0v) is 11.1. The van der Waals surface area contributed by atoms with Crippen LogP contribution in [0.25, 0.3) is 0 Å². The summed E-state index contributed by atoms with van der Waals surface area (Å²) in [6.07, 6.45) is 1.20. The molecule has 0 atom stereocenters. The topological polar surface area (TPSA) is 119 Å². The maximum Gasteiger partial charge on any atom is 0.270 e. The molecule has 0 aliphatic carbocycles. The van der Waals surface area contributed by atoms with Gasteiger partial charge < -0.3 is 15.2 Å². The van der Waals surface area contributed by atoms with E-state index in [9.17, 15) is 0 Å². The Kier molecular flexibility index (Phi) is 3.29. The quantitative estimate of drug-likeness (QED) is 0.731. The van der Waals surface area contributed by atoms with Crippen LogP contribution in [0.2, 0.25) is 0 Å². The SMILES string of the molecule is CN(c1ccccc1)c1nc(N)nc(Nc2ncon2)n1. The van der Waals surface area contributed by atoms with Gasteiger partial charge in [-0.15, -0.1) is 0 Å². The summed E-state index contributed by atoms with van der Waals surface area (Å²) in [5, 5.41) is 6.41. The van der Waals surface area contributed by atoms with Crippen LogP contribution in [-0.2, 0) is 0 Å². The molecule has 0 radical (unpaired) electrons. The van der Waals surface area contributed by atoms with Crippen LogP contribution in [0.1, 0.15) is 0 Å². The third-order valence-electron chi connectivity index (χ3n) is 2.67. The molecular weight excluding hydrogens is 272 g/mol. The van der Waals surface area contributed by atoms with Crippen molar-refractivity contribution in [3.05, 3.63) is 36.7 Å². The van der Waals surface area contributed by atoms with Gasteiger partial charge in [-0.25, -0.2) is 0 Å². The summed E-state index contributed by atoms with van der Waals surface area (Å²) in [6.45, 7) is 0. The molecule has 0 spiro atoms. The maximum absolute atomic E-state index is 5.71. The molecule has 0 unspecified atom stereocenters. The van der Waals surface area contributed by atoms with Crippen molar-refractivity contribution in [1.29, 1.82) is 0 Å². The predicted molar refractivity (Wildman–Crippen MR) is 76.3 cm³/mol. The van der Waals surface area contributed by atoms with E-state index in [0.717, 1.165) is 5.69 Å². The second-order valence-corrected chi connectivity index (χ2v) is 4.09. The van der Waals surface area contributed by atoms with Crippen molar-refractivity contribution in [2.75, 3.05) is 23.0 Å². The molecule has 0 aliphatic rings. The van der Waals surface area contributed by atoms with E-state index < -0.39 is 0 Å². The molecule has 21 heavy (non-hydrogen) atoms. The van der Waals surface area contributed by atoms with E-state index in [1.807, 2.05) is 37.4 Å². The van der Waals surface area contributed by atoms with Crippen LogP contribution in [0, 0.1) is 0 Å². The first-order valence-electron chi connectivity index (χ1n) is 6.06. The van der Waals surface area contributed by atoms with Crippen LogP contribution in [0.5, 0.6) is 0 Å². The summed E-state index contributed by atoms with van der Waals surface area (Å²) in [5.74, 6) is 0.976. The lowest BCUT2D eigenvalue weighted by Gasteiger charge is -2.17. The minimum absolute atomic E-state index is 0.0915. The lowest BCUT2D eigenvalue weighted by Crippen LogP contribution is -2.16. The van der Waals surface area contributed by atoms with E-state index >= 15 is 0 Å². The monoisotopic (exact) mass is 284 g/mol. The molecule has 2 aromatic heterocycles. The van der Waals surface area contributed by atoms with Gasteiger partial charge in [-0.05, 0) is 17.3 Å². The Morgan fingerprint density at radius 1 is 1.10 bits per heavy atom. The number of hydrogen-bond donors (Lipinski definition) is 2. The summed E-state index contributed by atoms with van der Waals surface area (Å²) in [7, 11) is 1.84. The normalized spacial score (nSPS) is 10.3. The number of nitrogens with two attached hydrogens (primary N) is 1. The van der Waals surface area contributed by atoms with Crippen molar-refractivity contribution >= 4 is 29.5 Å². The Labute approximate surface area is 119 Å². The van der Waals surface area contributed by atoms with Gasteiger partial charge in [0.2, 0.25) is 24.2 Å². The predicted octanol–water partition coefficient (Wildman–Crippen LogP) is 1.35. The standard InChI is InChI=1S/C12H12N8O/c1-20(8-5-3-2-4-6-8)12-16-9(13)15-11(18-12)17-10-14-7-21-19-10/h2-7H,1H3,(H3,13,15,16,17,18,19). The van der Waals surface area contributed by atoms with Gasteiger partial charge in [0.05, 0.1) is 0 Å². The number of nitrogens with one attached hydrogen (secondary N) is 1. The van der Waals surface area contributed by atoms with Gasteiger partial charge in [-0.3, -0.25) is 5.32 Å². The van der Waals surface area contributed by atoms with Gasteiger partial charge in [-0.1, -0.05) is 18.2 Å². The number of rotatable bonds is 4. The molecule has 0 aliphatic heterocycles. The number of aromatic nitrogens is 5. The number of nitrogen functional groups attached to an aromatic ring is 1. The summed E-state index contributed by atoms with van der Waals surface area (Å²) in [5.41, 5.74) is 6.64. The molecular formula is C12H12N8O. The van der Waals surface area contributed by atoms with Crippen LogP contribution in [0.4, 0.5) is 29.5 Å². The molecule has 0 saturated carbocycles. The first kappa shape index (κ1) is 12.8. The largest absolute Gasteiger partial charge is 0.368 e. The molecule has 0 fully saturated rings. The zero-order valence-electron chi connectivity index (χ0n) is 11.1. The lowest BCUT2D eigenvalue weighted by atomic mass is 10.3. The number of para-hydroxylation sites is 1. The summed E-state index contributed by atoms with van der Waals surface area (Å²) < 4.78 is 4.63. The highest BCUT2D eigenvalue weighted by Gasteiger charge is 2.11. The van der Waals surface area contributed by atoms with Gasteiger partial charge >= 0.3 is 0 Å². The van der Waals surface area contributed by atoms with E-state index in [0.29, 0.717) is 5.95 Å². The van der Waals surface area contributed by atoms with Crippen LogP contribution in [-0.4, -0.2) is 32.1 Å². The Bertz CT molecular complexity index is 715. The molecule has 2 heterocycles. The van der Waals surface area contributed by atoms with Crippen molar-refractivity contribution in [1.82, 2.24) is 25.1 Å². The Balaban J connectivity index is 1.90. The van der Waals surface area contributed by atoms with Gasteiger partial charge in [-0.2, -0.15) is 19.9 Å². The Morgan fingerprint density at radius 3 is 2.62 bits per heavy atom. The number of hydrogen-bond acceptors (Lipinski definition) is 9. The Hall–Kier alpha value is -3.23. The van der Waals surface area contributed by atoms with Crippen molar-refractivity contribution in [3.8, 4) is 0 Å². The first-order valence-corrected chi connectivity index (χ1v) is 6.06. The third kappa shape index (κ3) is 2.86. The summed E-state index contributed by atoms with van der Waals surface area (Å²) >= 11 is 0. The van der Waals surface area contributed by atoms with Crippen molar-refractivity contribution in [2.45, 2.75) is 0 Å². The van der Waals surface area contributed by atoms with Crippen LogP contribution < -0.4 is 16.0 Å². The maximum atomic E-state index is 5.71. The smallest absolute Gasteiger partial charge is 0.270 e. The minimum Gasteiger partial charge on any atom is -0.368 e. The van der Waals surface area contributed by atoms with E-state index in [4.69, 9.17) is 5.73 Å². The van der Waals surface area contributed by atoms with E-state index in [1.165, 1.54) is 6.39 Å². The number of nitrogens with zero attached hydrogens (tertiary/aromatic N) is 6. The lowest BCUT2D eigenvalue weighted by molar-refractivity contribution is 0.419. The van der Waals surface area contributed by atoms with Crippen molar-refractivity contribution in [3.63, 3.8) is 0 Å². The molecule has 9 heteroatoms. The molecule has 1 aromatic carbocycles. The Morgan fingerprint density at radius 2 is 1.90 bits per heavy atom. The van der Waals surface area contributed by atoms with Crippen LogP contribution >= 0.6 is 0 Å². The zero-order chi connectivity index (χ0) is 14.7. The van der Waals surface area contributed by atoms with E-state index in [1.54, 1.807) is 4.90 Å². The van der Waals surface area contributed by atoms with Crippen molar-refractivity contribution in [2.24, 2.45) is 0 Å². The van der Waals surface area contributed by atoms with Crippen molar-refractivity contribution < 1.29 is 4.52 Å². The van der Waals surface area contributed by atoms with Crippen LogP contribution in [0.15, 0.2) is 41.2 Å². The highest BCUT2D eigenvalue weighted by molar-refractivity contribution is 5.58. The van der Waals surface area contributed by atoms with E-state index in [2.05, 4.69) is 34.9 Å². The second-order valence-electron chi connectivity index (χ2n) is 4.09. The highest BCUT2D eigenvalue weighted by atomic mass is 16.5. The molecule has 0 bridgehead atoms. The highest BCUT2D eigenvalue weighted by Crippen LogP contribution is 2.21. The fourth-order valence-electron chi connectivity index (χ4n) is 1.68. The number of anilines is 5. The fraction of sp³-hybridized carbons (Fsp3) is 0.0833. The van der Waals surface area contributed by atoms with Gasteiger partial charge in [0.1, 0.15) is 0 Å². The second kappa shape index (κ2) is 5.41. The minimum atomic E-state index is 0.0915. The first-order chi connectivity index (χ1) is 10.2. The van der Waals surface area contributed by atoms with Gasteiger partial charge in [0.15, 0.2) is 0 Å². The third-order valence-corrected chi connectivity index (χ3v) is 2.67. The fourth-order valence-corrected chi connectivity index (χ4v) is 1.68. The average Bonchev–Trinajstić information content (AvgIpc) is 2.99. The average molecular weight is 284 g/mol. The molecule has 3 rings (SSSR count). The number of benzene rings is 1. The van der Waals surface area contributed by atoms with Gasteiger partial charge in [0.25, 0.3) is 5.95 Å². The van der Waals surface area contributed by atoms with E-state index in [-0.39, 0.29) is 17.8 Å². The molecule has 3 N–H and O–H groups in total. The molecule has 3 aromatic rings. The van der Waals surface area contributed by atoms with Crippen LogP contribution in [0.3, 0.4) is 0 Å². The summed E-state index contributed by atoms with van der Waals surface area (Å²) in [4.78, 5) is 18.0. The molecule has 9 nitrogen and oxygen atoms in total. The van der Waals surface area contributed by atoms with Gasteiger partial charge in [0, 0.05) is 12.7 Å². The molecule has 0 saturated heterocycles. The molecule has 0 amide bonds.